The Bertz CT molecular complexity index is 317. The highest BCUT2D eigenvalue weighted by Crippen LogP contribution is 2.28. The van der Waals surface area contributed by atoms with Gasteiger partial charge in [0.25, 0.3) is 10.2 Å². The first kappa shape index (κ1) is 14.9. The van der Waals surface area contributed by atoms with Crippen LogP contribution in [0.25, 0.3) is 0 Å². The molecule has 0 bridgehead atoms. The molecule has 2 unspecified atom stereocenters. The Kier molecular flexibility index (Phi) is 5.85. The fourth-order valence-corrected chi connectivity index (χ4v) is 3.57. The summed E-state index contributed by atoms with van der Waals surface area (Å²) in [6.45, 7) is 4.78. The number of nitrogens with one attached hydrogen (secondary N) is 2. The maximum atomic E-state index is 11.6. The van der Waals surface area contributed by atoms with Crippen molar-refractivity contribution in [2.24, 2.45) is 17.6 Å². The Balaban J connectivity index is 2.43. The Hall–Kier alpha value is -0.170. The molecule has 1 aliphatic carbocycles. The van der Waals surface area contributed by atoms with E-state index in [2.05, 4.69) is 9.44 Å². The second-order valence-electron chi connectivity index (χ2n) is 5.16. The van der Waals surface area contributed by atoms with Crippen molar-refractivity contribution in [2.45, 2.75) is 45.6 Å². The first-order chi connectivity index (χ1) is 7.94. The topological polar surface area (TPSA) is 84.2 Å². The van der Waals surface area contributed by atoms with Crippen molar-refractivity contribution in [3.63, 3.8) is 0 Å². The first-order valence-corrected chi connectivity index (χ1v) is 7.90. The fraction of sp³-hybridized carbons (Fsp3) is 1.00. The average molecular weight is 263 g/mol. The molecule has 0 aromatic heterocycles. The SMILES string of the molecule is CC(C)NS(=O)(=O)NCC1CCCCC1CN. The van der Waals surface area contributed by atoms with E-state index in [1.807, 2.05) is 13.8 Å². The van der Waals surface area contributed by atoms with Crippen LogP contribution in [0.1, 0.15) is 39.5 Å². The number of rotatable bonds is 6. The summed E-state index contributed by atoms with van der Waals surface area (Å²) >= 11 is 0. The summed E-state index contributed by atoms with van der Waals surface area (Å²) in [4.78, 5) is 0. The average Bonchev–Trinajstić information content (AvgIpc) is 2.25. The van der Waals surface area contributed by atoms with Crippen LogP contribution in [0, 0.1) is 11.8 Å². The van der Waals surface area contributed by atoms with Crippen LogP contribution >= 0.6 is 0 Å². The minimum Gasteiger partial charge on any atom is -0.330 e. The van der Waals surface area contributed by atoms with Crippen LogP contribution in [-0.2, 0) is 10.2 Å². The highest BCUT2D eigenvalue weighted by atomic mass is 32.2. The van der Waals surface area contributed by atoms with Gasteiger partial charge in [-0.25, -0.2) is 4.72 Å². The van der Waals surface area contributed by atoms with Gasteiger partial charge in [-0.3, -0.25) is 0 Å². The van der Waals surface area contributed by atoms with Gasteiger partial charge < -0.3 is 5.73 Å². The predicted molar refractivity (Wildman–Crippen MR) is 69.7 cm³/mol. The summed E-state index contributed by atoms with van der Waals surface area (Å²) in [7, 11) is -3.35. The molecule has 1 rings (SSSR count). The van der Waals surface area contributed by atoms with Gasteiger partial charge in [0, 0.05) is 12.6 Å². The standard InChI is InChI=1S/C11H25N3O2S/c1-9(2)14-17(15,16)13-8-11-6-4-3-5-10(11)7-12/h9-11,13-14H,3-8,12H2,1-2H3. The summed E-state index contributed by atoms with van der Waals surface area (Å²) in [6.07, 6.45) is 4.60. The molecule has 0 amide bonds. The quantitative estimate of drug-likeness (QED) is 0.655. The zero-order chi connectivity index (χ0) is 12.9. The second kappa shape index (κ2) is 6.68. The van der Waals surface area contributed by atoms with Crippen molar-refractivity contribution in [3.05, 3.63) is 0 Å². The number of hydrogen-bond acceptors (Lipinski definition) is 3. The lowest BCUT2D eigenvalue weighted by atomic mass is 9.79. The molecule has 0 aliphatic heterocycles. The molecule has 0 heterocycles. The molecule has 0 saturated heterocycles. The molecule has 2 atom stereocenters. The third-order valence-corrected chi connectivity index (χ3v) is 4.62. The maximum Gasteiger partial charge on any atom is 0.277 e. The Morgan fingerprint density at radius 2 is 1.82 bits per heavy atom. The monoisotopic (exact) mass is 263 g/mol. The van der Waals surface area contributed by atoms with E-state index < -0.39 is 10.2 Å². The lowest BCUT2D eigenvalue weighted by Crippen LogP contribution is -2.44. The van der Waals surface area contributed by atoms with E-state index in [1.54, 1.807) is 0 Å². The van der Waals surface area contributed by atoms with Crippen LogP contribution in [0.2, 0.25) is 0 Å². The third-order valence-electron chi connectivity index (χ3n) is 3.30. The number of hydrogen-bond donors (Lipinski definition) is 3. The molecule has 17 heavy (non-hydrogen) atoms. The molecule has 1 saturated carbocycles. The second-order valence-corrected chi connectivity index (χ2v) is 6.70. The van der Waals surface area contributed by atoms with E-state index in [-0.39, 0.29) is 6.04 Å². The highest BCUT2D eigenvalue weighted by Gasteiger charge is 2.25. The van der Waals surface area contributed by atoms with Crippen LogP contribution in [0.3, 0.4) is 0 Å². The molecule has 0 aromatic rings. The van der Waals surface area contributed by atoms with E-state index in [9.17, 15) is 8.42 Å². The zero-order valence-electron chi connectivity index (χ0n) is 10.8. The lowest BCUT2D eigenvalue weighted by molar-refractivity contribution is 0.244. The van der Waals surface area contributed by atoms with Gasteiger partial charge in [-0.05, 0) is 45.1 Å². The van der Waals surface area contributed by atoms with Crippen molar-refractivity contribution >= 4 is 10.2 Å². The zero-order valence-corrected chi connectivity index (χ0v) is 11.6. The minimum absolute atomic E-state index is 0.0795. The van der Waals surface area contributed by atoms with Crippen LogP contribution in [0.15, 0.2) is 0 Å². The Morgan fingerprint density at radius 1 is 1.24 bits per heavy atom. The van der Waals surface area contributed by atoms with Crippen molar-refractivity contribution in [3.8, 4) is 0 Å². The molecule has 1 fully saturated rings. The normalized spacial score (nSPS) is 26.4. The molecule has 0 spiro atoms. The van der Waals surface area contributed by atoms with Crippen LogP contribution < -0.4 is 15.2 Å². The first-order valence-electron chi connectivity index (χ1n) is 6.41. The van der Waals surface area contributed by atoms with Crippen LogP contribution in [0.4, 0.5) is 0 Å². The van der Waals surface area contributed by atoms with Gasteiger partial charge in [0.05, 0.1) is 0 Å². The summed E-state index contributed by atoms with van der Waals surface area (Å²) in [5.74, 6) is 0.850. The van der Waals surface area contributed by atoms with E-state index >= 15 is 0 Å². The summed E-state index contributed by atoms with van der Waals surface area (Å²) < 4.78 is 28.4. The van der Waals surface area contributed by atoms with Gasteiger partial charge in [-0.15, -0.1) is 0 Å². The molecule has 4 N–H and O–H groups in total. The maximum absolute atomic E-state index is 11.6. The minimum atomic E-state index is -3.35. The molecule has 0 aromatic carbocycles. The van der Waals surface area contributed by atoms with Gasteiger partial charge in [0.1, 0.15) is 0 Å². The van der Waals surface area contributed by atoms with Crippen molar-refractivity contribution < 1.29 is 8.42 Å². The summed E-state index contributed by atoms with van der Waals surface area (Å²) in [6, 6.07) is -0.0795. The molecule has 0 radical (unpaired) electrons. The van der Waals surface area contributed by atoms with E-state index in [0.717, 1.165) is 12.8 Å². The largest absolute Gasteiger partial charge is 0.330 e. The Morgan fingerprint density at radius 3 is 2.35 bits per heavy atom. The van der Waals surface area contributed by atoms with Crippen LogP contribution in [0.5, 0.6) is 0 Å². The molecular formula is C11H25N3O2S. The van der Waals surface area contributed by atoms with E-state index in [4.69, 9.17) is 5.73 Å². The number of nitrogens with two attached hydrogens (primary N) is 1. The van der Waals surface area contributed by atoms with Gasteiger partial charge in [-0.1, -0.05) is 12.8 Å². The van der Waals surface area contributed by atoms with Crippen molar-refractivity contribution in [2.75, 3.05) is 13.1 Å². The smallest absolute Gasteiger partial charge is 0.277 e. The van der Waals surface area contributed by atoms with Gasteiger partial charge in [0.2, 0.25) is 0 Å². The highest BCUT2D eigenvalue weighted by molar-refractivity contribution is 7.87. The van der Waals surface area contributed by atoms with Gasteiger partial charge in [0.15, 0.2) is 0 Å². The Labute approximate surface area is 105 Å². The molecule has 1 aliphatic rings. The van der Waals surface area contributed by atoms with E-state index in [1.165, 1.54) is 12.8 Å². The summed E-state index contributed by atoms with van der Waals surface area (Å²) in [5, 5.41) is 0. The molecular weight excluding hydrogens is 238 g/mol. The van der Waals surface area contributed by atoms with Crippen LogP contribution in [-0.4, -0.2) is 27.5 Å². The predicted octanol–water partition coefficient (Wildman–Crippen LogP) is 0.584. The lowest BCUT2D eigenvalue weighted by Gasteiger charge is -2.30. The fourth-order valence-electron chi connectivity index (χ4n) is 2.43. The van der Waals surface area contributed by atoms with Gasteiger partial charge in [-0.2, -0.15) is 13.1 Å². The van der Waals surface area contributed by atoms with Crippen molar-refractivity contribution in [1.29, 1.82) is 0 Å². The van der Waals surface area contributed by atoms with Gasteiger partial charge >= 0.3 is 0 Å². The van der Waals surface area contributed by atoms with E-state index in [0.29, 0.717) is 24.9 Å². The summed E-state index contributed by atoms with van der Waals surface area (Å²) in [5.41, 5.74) is 5.72. The third kappa shape index (κ3) is 5.33. The molecule has 5 nitrogen and oxygen atoms in total. The molecule has 6 heteroatoms. The van der Waals surface area contributed by atoms with Crippen molar-refractivity contribution in [1.82, 2.24) is 9.44 Å². The molecule has 102 valence electrons.